The Morgan fingerprint density at radius 3 is 2.57 bits per heavy atom. The van der Waals surface area contributed by atoms with Crippen LogP contribution in [0.25, 0.3) is 0 Å². The molecule has 0 radical (unpaired) electrons. The first-order valence-corrected chi connectivity index (χ1v) is 8.82. The summed E-state index contributed by atoms with van der Waals surface area (Å²) in [7, 11) is -1.99. The molecule has 0 aliphatic rings. The summed E-state index contributed by atoms with van der Waals surface area (Å²) in [5, 5.41) is 16.1. The third kappa shape index (κ3) is 3.18. The van der Waals surface area contributed by atoms with Gasteiger partial charge >= 0.3 is 0 Å². The minimum Gasteiger partial charge on any atom is -0.386 e. The van der Waals surface area contributed by atoms with Gasteiger partial charge in [0.15, 0.2) is 0 Å². The molecule has 2 aromatic heterocycles. The summed E-state index contributed by atoms with van der Waals surface area (Å²) in [4.78, 5) is 0.956. The Morgan fingerprint density at radius 2 is 2.10 bits per heavy atom. The fourth-order valence-electron chi connectivity index (χ4n) is 2.22. The average Bonchev–Trinajstić information content (AvgIpc) is 2.91. The van der Waals surface area contributed by atoms with Crippen molar-refractivity contribution in [2.45, 2.75) is 31.8 Å². The maximum absolute atomic E-state index is 12.4. The molecule has 0 bridgehead atoms. The second-order valence-electron chi connectivity index (χ2n) is 4.96. The topological polar surface area (TPSA) is 84.2 Å². The van der Waals surface area contributed by atoms with Crippen LogP contribution in [0.15, 0.2) is 16.3 Å². The first-order chi connectivity index (χ1) is 9.74. The summed E-state index contributed by atoms with van der Waals surface area (Å²) in [5.41, 5.74) is 1.98. The van der Waals surface area contributed by atoms with Gasteiger partial charge in [0.2, 0.25) is 10.0 Å². The molecule has 6 nitrogen and oxygen atoms in total. The molecule has 2 N–H and O–H groups in total. The molecule has 0 unspecified atom stereocenters. The van der Waals surface area contributed by atoms with E-state index < -0.39 is 16.1 Å². The van der Waals surface area contributed by atoms with E-state index in [-0.39, 0.29) is 11.4 Å². The van der Waals surface area contributed by atoms with E-state index in [0.29, 0.717) is 11.4 Å². The summed E-state index contributed by atoms with van der Waals surface area (Å²) in [6, 6.07) is 1.90. The molecule has 0 aliphatic carbocycles. The quantitative estimate of drug-likeness (QED) is 0.869. The number of aryl methyl sites for hydroxylation is 3. The van der Waals surface area contributed by atoms with Gasteiger partial charge in [-0.2, -0.15) is 5.10 Å². The number of nitrogens with zero attached hydrogens (tertiary/aromatic N) is 2. The molecule has 116 valence electrons. The van der Waals surface area contributed by atoms with E-state index in [1.807, 2.05) is 18.4 Å². The summed E-state index contributed by atoms with van der Waals surface area (Å²) < 4.78 is 28.7. The van der Waals surface area contributed by atoms with Gasteiger partial charge in [-0.15, -0.1) is 11.3 Å². The SMILES string of the molecule is Cc1ccsc1[C@H](O)CNS(=O)(=O)c1c(C)nn(C)c1C. The van der Waals surface area contributed by atoms with Crippen molar-refractivity contribution in [1.82, 2.24) is 14.5 Å². The third-order valence-corrected chi connectivity index (χ3v) is 6.18. The van der Waals surface area contributed by atoms with Crippen molar-refractivity contribution in [2.75, 3.05) is 6.54 Å². The molecule has 2 rings (SSSR count). The highest BCUT2D eigenvalue weighted by Gasteiger charge is 2.25. The van der Waals surface area contributed by atoms with Crippen LogP contribution in [0.5, 0.6) is 0 Å². The van der Waals surface area contributed by atoms with Crippen molar-refractivity contribution in [1.29, 1.82) is 0 Å². The van der Waals surface area contributed by atoms with Crippen LogP contribution >= 0.6 is 11.3 Å². The summed E-state index contributed by atoms with van der Waals surface area (Å²) in [6.45, 7) is 5.19. The molecule has 8 heteroatoms. The lowest BCUT2D eigenvalue weighted by Gasteiger charge is -2.12. The predicted molar refractivity (Wildman–Crippen MR) is 81.9 cm³/mol. The van der Waals surface area contributed by atoms with Gasteiger partial charge < -0.3 is 5.11 Å². The molecule has 0 fully saturated rings. The standard InChI is InChI=1S/C13H19N3O3S2/c1-8-5-6-20-12(8)11(17)7-14-21(18,19)13-9(2)15-16(4)10(13)3/h5-6,11,14,17H,7H2,1-4H3/t11-/m1/s1. The predicted octanol–water partition coefficient (Wildman–Crippen LogP) is 1.42. The molecular formula is C13H19N3O3S2. The summed E-state index contributed by atoms with van der Waals surface area (Å²) in [6.07, 6.45) is -0.850. The first kappa shape index (κ1) is 16.2. The number of aliphatic hydroxyl groups is 1. The Kier molecular flexibility index (Phi) is 4.52. The molecule has 0 amide bonds. The molecule has 0 aliphatic heterocycles. The smallest absolute Gasteiger partial charge is 0.244 e. The van der Waals surface area contributed by atoms with E-state index in [1.54, 1.807) is 20.9 Å². The van der Waals surface area contributed by atoms with Crippen LogP contribution in [0.4, 0.5) is 0 Å². The zero-order valence-electron chi connectivity index (χ0n) is 12.4. The number of hydrogen-bond acceptors (Lipinski definition) is 5. The van der Waals surface area contributed by atoms with E-state index in [1.165, 1.54) is 16.0 Å². The highest BCUT2D eigenvalue weighted by Crippen LogP contribution is 2.24. The molecule has 1 atom stereocenters. The normalized spacial score (nSPS) is 13.6. The molecule has 21 heavy (non-hydrogen) atoms. The van der Waals surface area contributed by atoms with Gasteiger partial charge in [0.1, 0.15) is 11.0 Å². The van der Waals surface area contributed by atoms with Gasteiger partial charge in [-0.25, -0.2) is 13.1 Å². The highest BCUT2D eigenvalue weighted by atomic mass is 32.2. The van der Waals surface area contributed by atoms with Crippen LogP contribution in [-0.2, 0) is 17.1 Å². The Bertz CT molecular complexity index is 747. The van der Waals surface area contributed by atoms with Gasteiger partial charge in [0, 0.05) is 18.5 Å². The fourth-order valence-corrected chi connectivity index (χ4v) is 4.61. The molecule has 0 aromatic carbocycles. The van der Waals surface area contributed by atoms with Crippen LogP contribution in [-0.4, -0.2) is 29.8 Å². The molecule has 0 saturated carbocycles. The van der Waals surface area contributed by atoms with E-state index in [2.05, 4.69) is 9.82 Å². The number of nitrogens with one attached hydrogen (secondary N) is 1. The minimum absolute atomic E-state index is 0.0581. The van der Waals surface area contributed by atoms with Gasteiger partial charge in [0.25, 0.3) is 0 Å². The zero-order valence-corrected chi connectivity index (χ0v) is 14.0. The first-order valence-electron chi connectivity index (χ1n) is 6.46. The monoisotopic (exact) mass is 329 g/mol. The van der Waals surface area contributed by atoms with Gasteiger partial charge in [0.05, 0.1) is 11.4 Å². The lowest BCUT2D eigenvalue weighted by atomic mass is 10.2. The number of aromatic nitrogens is 2. The van der Waals surface area contributed by atoms with Gasteiger partial charge in [-0.3, -0.25) is 4.68 Å². The molecule has 2 heterocycles. The number of aliphatic hydroxyl groups excluding tert-OH is 1. The zero-order chi connectivity index (χ0) is 15.8. The van der Waals surface area contributed by atoms with Crippen molar-refractivity contribution < 1.29 is 13.5 Å². The number of rotatable bonds is 5. The maximum Gasteiger partial charge on any atom is 0.244 e. The Morgan fingerprint density at radius 1 is 1.43 bits per heavy atom. The number of thiophene rings is 1. The average molecular weight is 329 g/mol. The third-order valence-electron chi connectivity index (χ3n) is 3.38. The fraction of sp³-hybridized carbons (Fsp3) is 0.462. The molecule has 0 saturated heterocycles. The van der Waals surface area contributed by atoms with E-state index in [0.717, 1.165) is 10.4 Å². The van der Waals surface area contributed by atoms with Crippen LogP contribution < -0.4 is 4.72 Å². The Hall–Kier alpha value is -1.22. The highest BCUT2D eigenvalue weighted by molar-refractivity contribution is 7.89. The van der Waals surface area contributed by atoms with Crippen molar-refractivity contribution in [3.05, 3.63) is 33.3 Å². The van der Waals surface area contributed by atoms with Crippen molar-refractivity contribution in [2.24, 2.45) is 7.05 Å². The second kappa shape index (κ2) is 5.88. The Balaban J connectivity index is 2.17. The molecular weight excluding hydrogens is 310 g/mol. The summed E-state index contributed by atoms with van der Waals surface area (Å²) in [5.74, 6) is 0. The van der Waals surface area contributed by atoms with Crippen molar-refractivity contribution in [3.8, 4) is 0 Å². The largest absolute Gasteiger partial charge is 0.386 e. The maximum atomic E-state index is 12.4. The van der Waals surface area contributed by atoms with Crippen LogP contribution in [0.2, 0.25) is 0 Å². The minimum atomic E-state index is -3.69. The van der Waals surface area contributed by atoms with E-state index >= 15 is 0 Å². The van der Waals surface area contributed by atoms with E-state index in [4.69, 9.17) is 0 Å². The van der Waals surface area contributed by atoms with Crippen LogP contribution in [0.1, 0.15) is 27.9 Å². The van der Waals surface area contributed by atoms with Crippen LogP contribution in [0, 0.1) is 20.8 Å². The van der Waals surface area contributed by atoms with Crippen molar-refractivity contribution >= 4 is 21.4 Å². The number of hydrogen-bond donors (Lipinski definition) is 2. The molecule has 2 aromatic rings. The van der Waals surface area contributed by atoms with E-state index in [9.17, 15) is 13.5 Å². The lowest BCUT2D eigenvalue weighted by Crippen LogP contribution is -2.29. The molecule has 0 spiro atoms. The second-order valence-corrected chi connectivity index (χ2v) is 7.61. The Labute approximate surface area is 128 Å². The van der Waals surface area contributed by atoms with Crippen LogP contribution in [0.3, 0.4) is 0 Å². The number of sulfonamides is 1. The summed E-state index contributed by atoms with van der Waals surface area (Å²) >= 11 is 1.41. The van der Waals surface area contributed by atoms with Gasteiger partial charge in [-0.05, 0) is 37.8 Å². The van der Waals surface area contributed by atoms with Crippen molar-refractivity contribution in [3.63, 3.8) is 0 Å². The lowest BCUT2D eigenvalue weighted by molar-refractivity contribution is 0.185. The van der Waals surface area contributed by atoms with Gasteiger partial charge in [-0.1, -0.05) is 0 Å².